The smallest absolute Gasteiger partial charge is 0.271 e. The Balaban J connectivity index is 1.93. The Bertz CT molecular complexity index is 1090. The number of carbonyl (C=O) groups is 1. The number of non-ortho nitro benzene ring substituents is 1. The van der Waals surface area contributed by atoms with Crippen molar-refractivity contribution in [3.8, 4) is 6.07 Å². The van der Waals surface area contributed by atoms with Crippen LogP contribution in [-0.2, 0) is 21.2 Å². The summed E-state index contributed by atoms with van der Waals surface area (Å²) < 4.78 is 22.4. The second kappa shape index (κ2) is 9.45. The average molecular weight is 415 g/mol. The van der Waals surface area contributed by atoms with Gasteiger partial charge in [-0.05, 0) is 30.2 Å². The molecule has 0 heterocycles. The maximum absolute atomic E-state index is 12.1. The highest BCUT2D eigenvalue weighted by Crippen LogP contribution is 2.17. The number of sulfonamides is 1. The molecule has 0 bridgehead atoms. The molecular weight excluding hydrogens is 398 g/mol. The molecule has 0 fully saturated rings. The Morgan fingerprint density at radius 3 is 2.52 bits per heavy atom. The van der Waals surface area contributed by atoms with Crippen LogP contribution >= 0.6 is 0 Å². The van der Waals surface area contributed by atoms with E-state index in [1.54, 1.807) is 18.2 Å². The van der Waals surface area contributed by atoms with Crippen molar-refractivity contribution in [3.05, 3.63) is 76.0 Å². The summed E-state index contributed by atoms with van der Waals surface area (Å²) in [5.41, 5.74) is 0.635. The lowest BCUT2D eigenvalue weighted by Crippen LogP contribution is -2.18. The molecule has 2 aromatic carbocycles. The zero-order valence-electron chi connectivity index (χ0n) is 15.0. The van der Waals surface area contributed by atoms with Gasteiger partial charge in [-0.2, -0.15) is 5.26 Å². The number of benzene rings is 2. The van der Waals surface area contributed by atoms with Crippen LogP contribution in [0.4, 0.5) is 11.4 Å². The van der Waals surface area contributed by atoms with Crippen LogP contribution in [0, 0.1) is 21.4 Å². The first-order valence-corrected chi connectivity index (χ1v) is 9.76. The molecule has 10 nitrogen and oxygen atoms in total. The molecule has 4 N–H and O–H groups in total. The van der Waals surface area contributed by atoms with Crippen molar-refractivity contribution in [2.45, 2.75) is 11.3 Å². The van der Waals surface area contributed by atoms with Crippen LogP contribution in [0.15, 0.2) is 65.2 Å². The summed E-state index contributed by atoms with van der Waals surface area (Å²) in [5, 5.41) is 30.2. The molecular formula is C18H17N5O5S. The lowest BCUT2D eigenvalue weighted by atomic mass is 10.1. The molecule has 0 saturated heterocycles. The summed E-state index contributed by atoms with van der Waals surface area (Å²) in [6, 6.07) is 13.1. The number of carbonyl (C=O) groups excluding carboxylic acids is 1. The van der Waals surface area contributed by atoms with Crippen molar-refractivity contribution in [1.29, 1.82) is 5.26 Å². The normalized spacial score (nSPS) is 11.4. The van der Waals surface area contributed by atoms with E-state index in [1.807, 2.05) is 0 Å². The van der Waals surface area contributed by atoms with E-state index >= 15 is 0 Å². The van der Waals surface area contributed by atoms with Gasteiger partial charge in [0.05, 0.1) is 9.82 Å². The van der Waals surface area contributed by atoms with Gasteiger partial charge in [0.25, 0.3) is 11.6 Å². The van der Waals surface area contributed by atoms with Gasteiger partial charge >= 0.3 is 0 Å². The molecule has 0 saturated carbocycles. The summed E-state index contributed by atoms with van der Waals surface area (Å²) in [7, 11) is -3.75. The molecule has 0 spiro atoms. The van der Waals surface area contributed by atoms with Crippen molar-refractivity contribution in [1.82, 2.24) is 5.32 Å². The number of nitriles is 1. The predicted octanol–water partition coefficient (Wildman–Crippen LogP) is 1.42. The predicted molar refractivity (Wildman–Crippen MR) is 105 cm³/mol. The molecule has 0 unspecified atom stereocenters. The Morgan fingerprint density at radius 2 is 1.93 bits per heavy atom. The number of primary sulfonamides is 1. The minimum atomic E-state index is -3.75. The molecule has 0 aromatic heterocycles. The summed E-state index contributed by atoms with van der Waals surface area (Å²) >= 11 is 0. The highest BCUT2D eigenvalue weighted by Gasteiger charge is 2.12. The number of nitrogens with one attached hydrogen (secondary N) is 2. The molecule has 11 heteroatoms. The standard InChI is InChI=1S/C18H17N5O5S/c19-11-14(18(24)22-15-2-1-3-16(10-15)23(25)26)12-21-9-8-13-4-6-17(7-5-13)29(20,27)28/h1-7,10,12,21H,8-9H2,(H,22,24)(H2,20,27,28)/b14-12-. The Hall–Kier alpha value is -3.75. The fourth-order valence-electron chi connectivity index (χ4n) is 2.28. The first-order valence-electron chi connectivity index (χ1n) is 8.22. The van der Waals surface area contributed by atoms with E-state index in [-0.39, 0.29) is 21.8 Å². The van der Waals surface area contributed by atoms with Gasteiger partial charge < -0.3 is 10.6 Å². The molecule has 2 aromatic rings. The van der Waals surface area contributed by atoms with E-state index in [4.69, 9.17) is 10.4 Å². The fraction of sp³-hybridized carbons (Fsp3) is 0.111. The van der Waals surface area contributed by atoms with E-state index in [2.05, 4.69) is 10.6 Å². The first kappa shape index (κ1) is 21.5. The minimum Gasteiger partial charge on any atom is -0.389 e. The molecule has 150 valence electrons. The van der Waals surface area contributed by atoms with E-state index in [1.165, 1.54) is 42.6 Å². The van der Waals surface area contributed by atoms with Gasteiger partial charge in [0.15, 0.2) is 0 Å². The van der Waals surface area contributed by atoms with Crippen LogP contribution in [0.1, 0.15) is 5.56 Å². The third-order valence-electron chi connectivity index (χ3n) is 3.74. The van der Waals surface area contributed by atoms with Crippen LogP contribution < -0.4 is 15.8 Å². The zero-order chi connectivity index (χ0) is 21.4. The van der Waals surface area contributed by atoms with E-state index in [0.717, 1.165) is 5.56 Å². The number of anilines is 1. The van der Waals surface area contributed by atoms with Crippen molar-refractivity contribution in [2.75, 3.05) is 11.9 Å². The van der Waals surface area contributed by atoms with E-state index in [0.29, 0.717) is 13.0 Å². The Morgan fingerprint density at radius 1 is 1.24 bits per heavy atom. The number of nitro groups is 1. The highest BCUT2D eigenvalue weighted by atomic mass is 32.2. The molecule has 0 atom stereocenters. The summed E-state index contributed by atoms with van der Waals surface area (Å²) in [4.78, 5) is 22.3. The van der Waals surface area contributed by atoms with Gasteiger partial charge in [0.1, 0.15) is 11.6 Å². The molecule has 0 aliphatic carbocycles. The number of hydrogen-bond donors (Lipinski definition) is 3. The topological polar surface area (TPSA) is 168 Å². The third kappa shape index (κ3) is 6.42. The van der Waals surface area contributed by atoms with E-state index in [9.17, 15) is 23.3 Å². The number of amides is 1. The number of hydrogen-bond acceptors (Lipinski definition) is 7. The van der Waals surface area contributed by atoms with E-state index < -0.39 is 20.9 Å². The lowest BCUT2D eigenvalue weighted by Gasteiger charge is -2.06. The summed E-state index contributed by atoms with van der Waals surface area (Å²) in [6.07, 6.45) is 1.75. The number of rotatable bonds is 8. The van der Waals surface area contributed by atoms with Crippen LogP contribution in [0.2, 0.25) is 0 Å². The quantitative estimate of drug-likeness (QED) is 0.192. The van der Waals surface area contributed by atoms with Crippen molar-refractivity contribution in [2.24, 2.45) is 5.14 Å². The van der Waals surface area contributed by atoms with Crippen LogP contribution in [0.3, 0.4) is 0 Å². The summed E-state index contributed by atoms with van der Waals surface area (Å²) in [5.74, 6) is -0.710. The van der Waals surface area contributed by atoms with Crippen LogP contribution in [0.5, 0.6) is 0 Å². The number of nitrogens with two attached hydrogens (primary N) is 1. The maximum Gasteiger partial charge on any atom is 0.271 e. The van der Waals surface area contributed by atoms with Gasteiger partial charge in [-0.1, -0.05) is 18.2 Å². The lowest BCUT2D eigenvalue weighted by molar-refractivity contribution is -0.384. The highest BCUT2D eigenvalue weighted by molar-refractivity contribution is 7.89. The second-order valence-electron chi connectivity index (χ2n) is 5.82. The molecule has 2 rings (SSSR count). The minimum absolute atomic E-state index is 0.0127. The van der Waals surface area contributed by atoms with Gasteiger partial charge in [0, 0.05) is 30.6 Å². The van der Waals surface area contributed by atoms with Crippen molar-refractivity contribution < 1.29 is 18.1 Å². The molecule has 0 aliphatic rings. The molecule has 29 heavy (non-hydrogen) atoms. The van der Waals surface area contributed by atoms with Gasteiger partial charge in [-0.15, -0.1) is 0 Å². The largest absolute Gasteiger partial charge is 0.389 e. The molecule has 0 aliphatic heterocycles. The average Bonchev–Trinajstić information content (AvgIpc) is 2.67. The second-order valence-corrected chi connectivity index (χ2v) is 7.39. The number of nitro benzene ring substituents is 1. The van der Waals surface area contributed by atoms with Crippen LogP contribution in [0.25, 0.3) is 0 Å². The molecule has 1 amide bonds. The summed E-state index contributed by atoms with van der Waals surface area (Å²) in [6.45, 7) is 0.379. The van der Waals surface area contributed by atoms with Gasteiger partial charge in [0.2, 0.25) is 10.0 Å². The first-order chi connectivity index (χ1) is 13.7. The van der Waals surface area contributed by atoms with Crippen molar-refractivity contribution >= 4 is 27.3 Å². The molecule has 0 radical (unpaired) electrons. The van der Waals surface area contributed by atoms with Gasteiger partial charge in [-0.3, -0.25) is 14.9 Å². The van der Waals surface area contributed by atoms with Crippen molar-refractivity contribution in [3.63, 3.8) is 0 Å². The van der Waals surface area contributed by atoms with Gasteiger partial charge in [-0.25, -0.2) is 13.6 Å². The SMILES string of the molecule is N#C/C(=C/NCCc1ccc(S(N)(=O)=O)cc1)C(=O)Nc1cccc([N+](=O)[O-])c1. The number of nitrogens with zero attached hydrogens (tertiary/aromatic N) is 2. The Kier molecular flexibility index (Phi) is 7.02. The fourth-order valence-corrected chi connectivity index (χ4v) is 2.80. The monoisotopic (exact) mass is 415 g/mol. The third-order valence-corrected chi connectivity index (χ3v) is 4.67. The maximum atomic E-state index is 12.1. The Labute approximate surface area is 166 Å². The van der Waals surface area contributed by atoms with Crippen LogP contribution in [-0.4, -0.2) is 25.8 Å². The zero-order valence-corrected chi connectivity index (χ0v) is 15.8.